The number of para-hydroxylation sites is 1. The van der Waals surface area contributed by atoms with Crippen molar-refractivity contribution in [3.8, 4) is 17.2 Å². The van der Waals surface area contributed by atoms with Crippen molar-refractivity contribution >= 4 is 16.9 Å². The number of carbonyl (C=O) groups is 1. The summed E-state index contributed by atoms with van der Waals surface area (Å²) in [5.41, 5.74) is -0.485. The number of hydrogen-bond acceptors (Lipinski definition) is 6. The van der Waals surface area contributed by atoms with E-state index in [1.165, 1.54) is 6.92 Å². The maximum Gasteiger partial charge on any atom is 0.383 e. The Labute approximate surface area is 170 Å². The highest BCUT2D eigenvalue weighted by molar-refractivity contribution is 5.91. The summed E-state index contributed by atoms with van der Waals surface area (Å²) in [5, 5.41) is 0.445. The zero-order valence-electron chi connectivity index (χ0n) is 17.2. The summed E-state index contributed by atoms with van der Waals surface area (Å²) >= 11 is 0. The van der Waals surface area contributed by atoms with Crippen molar-refractivity contribution < 1.29 is 23.4 Å². The Hall–Kier alpha value is -3.02. The lowest BCUT2D eigenvalue weighted by Gasteiger charge is -2.13. The second kappa shape index (κ2) is 11.7. The first-order valence-electron chi connectivity index (χ1n) is 9.92. The van der Waals surface area contributed by atoms with Gasteiger partial charge in [0.1, 0.15) is 0 Å². The number of benzene rings is 1. The van der Waals surface area contributed by atoms with Gasteiger partial charge in [0.05, 0.1) is 18.6 Å². The molecule has 6 nitrogen and oxygen atoms in total. The number of carbonyl (C=O) groups excluding carboxylic acids is 1. The van der Waals surface area contributed by atoms with Crippen molar-refractivity contribution in [3.05, 3.63) is 52.9 Å². The van der Waals surface area contributed by atoms with Crippen molar-refractivity contribution in [2.24, 2.45) is 0 Å². The third-order valence-corrected chi connectivity index (χ3v) is 3.93. The first-order chi connectivity index (χ1) is 14.1. The van der Waals surface area contributed by atoms with Gasteiger partial charge in [-0.3, -0.25) is 4.79 Å². The second-order valence-corrected chi connectivity index (χ2v) is 6.31. The highest BCUT2D eigenvalue weighted by Gasteiger charge is 2.21. The Morgan fingerprint density at radius 1 is 0.966 bits per heavy atom. The minimum absolute atomic E-state index is 0.0551. The van der Waals surface area contributed by atoms with Crippen LogP contribution in [0.25, 0.3) is 11.0 Å². The Balaban J connectivity index is 2.36. The normalized spacial score (nSPS) is 11.4. The van der Waals surface area contributed by atoms with Gasteiger partial charge in [-0.05, 0) is 37.8 Å². The van der Waals surface area contributed by atoms with E-state index in [9.17, 15) is 9.59 Å². The molecule has 156 valence electrons. The van der Waals surface area contributed by atoms with Gasteiger partial charge in [0.25, 0.3) is 0 Å². The van der Waals surface area contributed by atoms with E-state index in [4.69, 9.17) is 18.6 Å². The average molecular weight is 400 g/mol. The SMILES string of the molecule is CCC=CCCOc1c(OC(C)=O)c2cccc(OCCC=CCC)c2oc1=O. The molecule has 2 aromatic rings. The predicted molar refractivity (Wildman–Crippen MR) is 113 cm³/mol. The zero-order valence-corrected chi connectivity index (χ0v) is 17.2. The van der Waals surface area contributed by atoms with Crippen LogP contribution in [0.3, 0.4) is 0 Å². The predicted octanol–water partition coefficient (Wildman–Crippen LogP) is 5.19. The van der Waals surface area contributed by atoms with Crippen molar-refractivity contribution in [1.29, 1.82) is 0 Å². The standard InChI is InChI=1S/C23H28O6/c1-4-6-8-10-15-26-19-14-12-13-18-20(19)29-23(25)22(21(18)28-17(3)24)27-16-11-9-7-5-2/h6-9,12-14H,4-5,10-11,15-16H2,1-3H3. The molecule has 0 amide bonds. The second-order valence-electron chi connectivity index (χ2n) is 6.31. The number of hydrogen-bond donors (Lipinski definition) is 0. The molecule has 0 atom stereocenters. The molecular formula is C23H28O6. The van der Waals surface area contributed by atoms with Crippen molar-refractivity contribution in [1.82, 2.24) is 0 Å². The maximum atomic E-state index is 12.6. The Bertz CT molecular complexity index is 923. The summed E-state index contributed by atoms with van der Waals surface area (Å²) in [5.74, 6) is -0.195. The van der Waals surface area contributed by atoms with E-state index < -0.39 is 11.6 Å². The number of allylic oxidation sites excluding steroid dienone is 2. The van der Waals surface area contributed by atoms with Gasteiger partial charge in [-0.15, -0.1) is 0 Å². The van der Waals surface area contributed by atoms with E-state index in [1.807, 2.05) is 25.2 Å². The molecule has 1 aromatic heterocycles. The molecule has 2 rings (SSSR count). The molecule has 0 saturated carbocycles. The van der Waals surface area contributed by atoms with E-state index >= 15 is 0 Å². The van der Waals surface area contributed by atoms with Crippen LogP contribution in [0, 0.1) is 0 Å². The van der Waals surface area contributed by atoms with Gasteiger partial charge in [0.15, 0.2) is 17.1 Å². The molecule has 0 aliphatic rings. The largest absolute Gasteiger partial charge is 0.489 e. The number of ether oxygens (including phenoxy) is 3. The Morgan fingerprint density at radius 3 is 2.24 bits per heavy atom. The molecule has 1 aromatic carbocycles. The highest BCUT2D eigenvalue weighted by atomic mass is 16.6. The van der Waals surface area contributed by atoms with Crippen LogP contribution in [-0.2, 0) is 4.79 Å². The molecule has 0 fully saturated rings. The lowest BCUT2D eigenvalue weighted by Crippen LogP contribution is -2.13. The van der Waals surface area contributed by atoms with Crippen LogP contribution < -0.4 is 19.8 Å². The van der Waals surface area contributed by atoms with E-state index in [2.05, 4.69) is 13.0 Å². The highest BCUT2D eigenvalue weighted by Crippen LogP contribution is 2.37. The molecular weight excluding hydrogens is 372 g/mol. The van der Waals surface area contributed by atoms with Crippen molar-refractivity contribution in [2.45, 2.75) is 46.5 Å². The molecule has 6 heteroatoms. The molecule has 29 heavy (non-hydrogen) atoms. The molecule has 1 heterocycles. The fraction of sp³-hybridized carbons (Fsp3) is 0.391. The topological polar surface area (TPSA) is 75.0 Å². The van der Waals surface area contributed by atoms with Gasteiger partial charge in [0, 0.05) is 6.92 Å². The Morgan fingerprint density at radius 2 is 1.62 bits per heavy atom. The van der Waals surface area contributed by atoms with E-state index in [1.54, 1.807) is 18.2 Å². The quantitative estimate of drug-likeness (QED) is 0.224. The minimum atomic E-state index is -0.713. The lowest BCUT2D eigenvalue weighted by atomic mass is 10.2. The maximum absolute atomic E-state index is 12.6. The first kappa shape index (κ1) is 22.3. The lowest BCUT2D eigenvalue weighted by molar-refractivity contribution is -0.131. The molecule has 0 N–H and O–H groups in total. The van der Waals surface area contributed by atoms with Gasteiger partial charge >= 0.3 is 11.6 Å². The number of rotatable bonds is 11. The van der Waals surface area contributed by atoms with Crippen LogP contribution in [0.4, 0.5) is 0 Å². The molecule has 0 spiro atoms. The van der Waals surface area contributed by atoms with E-state index in [0.29, 0.717) is 24.2 Å². The molecule has 0 bridgehead atoms. The van der Waals surface area contributed by atoms with E-state index in [-0.39, 0.29) is 23.7 Å². The summed E-state index contributed by atoms with van der Waals surface area (Å²) in [6.07, 6.45) is 11.3. The number of fused-ring (bicyclic) bond motifs is 1. The molecule has 0 saturated heterocycles. The van der Waals surface area contributed by atoms with Crippen LogP contribution in [0.2, 0.25) is 0 Å². The monoisotopic (exact) mass is 400 g/mol. The molecule has 0 aliphatic heterocycles. The summed E-state index contributed by atoms with van der Waals surface area (Å²) in [4.78, 5) is 24.2. The number of esters is 1. The minimum Gasteiger partial charge on any atom is -0.489 e. The Kier molecular flexibility index (Phi) is 9.02. The summed E-state index contributed by atoms with van der Waals surface area (Å²) in [6.45, 7) is 6.07. The summed E-state index contributed by atoms with van der Waals surface area (Å²) < 4.78 is 22.2. The zero-order chi connectivity index (χ0) is 21.1. The fourth-order valence-corrected chi connectivity index (χ4v) is 2.67. The van der Waals surface area contributed by atoms with Crippen molar-refractivity contribution in [2.75, 3.05) is 13.2 Å². The summed E-state index contributed by atoms with van der Waals surface area (Å²) in [7, 11) is 0. The van der Waals surface area contributed by atoms with E-state index in [0.717, 1.165) is 19.3 Å². The van der Waals surface area contributed by atoms with Crippen LogP contribution in [0.15, 0.2) is 51.7 Å². The van der Waals surface area contributed by atoms with Gasteiger partial charge in [-0.1, -0.05) is 44.2 Å². The molecule has 0 unspecified atom stereocenters. The molecule has 0 radical (unpaired) electrons. The molecule has 0 aliphatic carbocycles. The summed E-state index contributed by atoms with van der Waals surface area (Å²) in [6, 6.07) is 5.16. The van der Waals surface area contributed by atoms with Gasteiger partial charge < -0.3 is 18.6 Å². The van der Waals surface area contributed by atoms with Gasteiger partial charge in [-0.25, -0.2) is 4.79 Å². The van der Waals surface area contributed by atoms with Crippen LogP contribution in [0.5, 0.6) is 17.2 Å². The third kappa shape index (κ3) is 6.52. The smallest absolute Gasteiger partial charge is 0.383 e. The fourth-order valence-electron chi connectivity index (χ4n) is 2.67. The third-order valence-electron chi connectivity index (χ3n) is 3.93. The van der Waals surface area contributed by atoms with Gasteiger partial charge in [-0.2, -0.15) is 0 Å². The van der Waals surface area contributed by atoms with Gasteiger partial charge in [0.2, 0.25) is 5.75 Å². The van der Waals surface area contributed by atoms with Crippen molar-refractivity contribution in [3.63, 3.8) is 0 Å². The van der Waals surface area contributed by atoms with Crippen LogP contribution >= 0.6 is 0 Å². The van der Waals surface area contributed by atoms with Crippen LogP contribution in [0.1, 0.15) is 46.5 Å². The average Bonchev–Trinajstić information content (AvgIpc) is 2.69. The van der Waals surface area contributed by atoms with Crippen LogP contribution in [-0.4, -0.2) is 19.2 Å². The first-order valence-corrected chi connectivity index (χ1v) is 9.92.